The Morgan fingerprint density at radius 3 is 2.88 bits per heavy atom. The maximum atomic E-state index is 8.70. The highest BCUT2D eigenvalue weighted by Crippen LogP contribution is 2.47. The van der Waals surface area contributed by atoms with Gasteiger partial charge in [-0.15, -0.1) is 0 Å². The van der Waals surface area contributed by atoms with Gasteiger partial charge in [0, 0.05) is 19.6 Å². The summed E-state index contributed by atoms with van der Waals surface area (Å²) in [6, 6.07) is 2.30. The van der Waals surface area contributed by atoms with E-state index in [0.717, 1.165) is 32.5 Å². The van der Waals surface area contributed by atoms with E-state index in [9.17, 15) is 0 Å². The number of rotatable bonds is 6. The van der Waals surface area contributed by atoms with Gasteiger partial charge in [-0.1, -0.05) is 0 Å². The Hall–Kier alpha value is -0.590. The lowest BCUT2D eigenvalue weighted by Gasteiger charge is -2.23. The minimum Gasteiger partial charge on any atom is -0.378 e. The summed E-state index contributed by atoms with van der Waals surface area (Å²) in [6.07, 6.45) is 8.57. The van der Waals surface area contributed by atoms with Crippen LogP contribution in [-0.4, -0.2) is 25.8 Å². The molecule has 0 bridgehead atoms. The molecule has 0 radical (unpaired) electrons. The second-order valence-corrected chi connectivity index (χ2v) is 5.29. The summed E-state index contributed by atoms with van der Waals surface area (Å²) >= 11 is 0. The third-order valence-electron chi connectivity index (χ3n) is 3.83. The standard InChI is InChI=1S/C13H22N2O/c14-8-7-13(5-6-13)11-15-9-4-12-3-1-2-10-16-12/h12,15H,1-7,9-11H2. The first-order valence-electron chi connectivity index (χ1n) is 6.54. The van der Waals surface area contributed by atoms with Crippen LogP contribution >= 0.6 is 0 Å². The molecule has 1 saturated heterocycles. The molecule has 1 atom stereocenters. The molecule has 1 aliphatic carbocycles. The Labute approximate surface area is 98.2 Å². The molecule has 16 heavy (non-hydrogen) atoms. The van der Waals surface area contributed by atoms with Gasteiger partial charge in [-0.2, -0.15) is 5.26 Å². The second kappa shape index (κ2) is 5.65. The van der Waals surface area contributed by atoms with Gasteiger partial charge in [0.15, 0.2) is 0 Å². The molecule has 1 heterocycles. The Bertz CT molecular complexity index is 249. The van der Waals surface area contributed by atoms with Gasteiger partial charge in [0.1, 0.15) is 0 Å². The SMILES string of the molecule is N#CCC1(CNCCC2CCCCO2)CC1. The van der Waals surface area contributed by atoms with Gasteiger partial charge in [-0.25, -0.2) is 0 Å². The minimum atomic E-state index is 0.335. The largest absolute Gasteiger partial charge is 0.378 e. The molecule has 3 heteroatoms. The van der Waals surface area contributed by atoms with Gasteiger partial charge >= 0.3 is 0 Å². The van der Waals surface area contributed by atoms with Crippen LogP contribution in [0.5, 0.6) is 0 Å². The molecular formula is C13H22N2O. The van der Waals surface area contributed by atoms with Crippen molar-refractivity contribution < 1.29 is 4.74 Å². The van der Waals surface area contributed by atoms with Crippen LogP contribution in [0, 0.1) is 16.7 Å². The van der Waals surface area contributed by atoms with Gasteiger partial charge in [0.05, 0.1) is 12.2 Å². The lowest BCUT2D eigenvalue weighted by Crippen LogP contribution is -2.29. The fourth-order valence-corrected chi connectivity index (χ4v) is 2.41. The van der Waals surface area contributed by atoms with Crippen molar-refractivity contribution in [3.05, 3.63) is 0 Å². The molecule has 3 nitrogen and oxygen atoms in total. The first-order valence-corrected chi connectivity index (χ1v) is 6.54. The molecule has 0 spiro atoms. The van der Waals surface area contributed by atoms with E-state index in [2.05, 4.69) is 11.4 Å². The molecule has 2 aliphatic rings. The third kappa shape index (κ3) is 3.47. The highest BCUT2D eigenvalue weighted by Gasteiger charge is 2.41. The number of hydrogen-bond acceptors (Lipinski definition) is 3. The van der Waals surface area contributed by atoms with E-state index in [-0.39, 0.29) is 0 Å². The molecule has 1 saturated carbocycles. The predicted octanol–water partition coefficient (Wildman–Crippen LogP) is 2.23. The van der Waals surface area contributed by atoms with Gasteiger partial charge in [-0.3, -0.25) is 0 Å². The fourth-order valence-electron chi connectivity index (χ4n) is 2.41. The average molecular weight is 222 g/mol. The van der Waals surface area contributed by atoms with E-state index >= 15 is 0 Å². The molecule has 2 fully saturated rings. The van der Waals surface area contributed by atoms with Crippen LogP contribution in [0.3, 0.4) is 0 Å². The number of nitrogens with one attached hydrogen (secondary N) is 1. The molecule has 0 aromatic carbocycles. The molecule has 1 unspecified atom stereocenters. The number of nitrogens with zero attached hydrogens (tertiary/aromatic N) is 1. The molecule has 1 N–H and O–H groups in total. The quantitative estimate of drug-likeness (QED) is 0.701. The van der Waals surface area contributed by atoms with Crippen molar-refractivity contribution in [1.29, 1.82) is 5.26 Å². The van der Waals surface area contributed by atoms with Crippen molar-refractivity contribution in [2.45, 2.75) is 51.0 Å². The third-order valence-corrected chi connectivity index (χ3v) is 3.83. The zero-order valence-corrected chi connectivity index (χ0v) is 10.0. The summed E-state index contributed by atoms with van der Waals surface area (Å²) in [4.78, 5) is 0. The van der Waals surface area contributed by atoms with E-state index in [1.54, 1.807) is 0 Å². The first kappa shape index (κ1) is 11.9. The molecule has 2 rings (SSSR count). The predicted molar refractivity (Wildman–Crippen MR) is 63.0 cm³/mol. The van der Waals surface area contributed by atoms with Crippen molar-refractivity contribution in [1.82, 2.24) is 5.32 Å². The summed E-state index contributed by atoms with van der Waals surface area (Å²) < 4.78 is 5.68. The Kier molecular flexibility index (Phi) is 4.20. The Morgan fingerprint density at radius 2 is 2.25 bits per heavy atom. The maximum absolute atomic E-state index is 8.70. The Morgan fingerprint density at radius 1 is 1.38 bits per heavy atom. The summed E-state index contributed by atoms with van der Waals surface area (Å²) in [6.45, 7) is 3.01. The summed E-state index contributed by atoms with van der Waals surface area (Å²) in [7, 11) is 0. The van der Waals surface area contributed by atoms with E-state index < -0.39 is 0 Å². The molecule has 0 amide bonds. The zero-order valence-electron chi connectivity index (χ0n) is 10.0. The van der Waals surface area contributed by atoms with Gasteiger partial charge in [-0.05, 0) is 50.5 Å². The highest BCUT2D eigenvalue weighted by atomic mass is 16.5. The topological polar surface area (TPSA) is 45.0 Å². The van der Waals surface area contributed by atoms with Gasteiger partial charge in [0.2, 0.25) is 0 Å². The normalized spacial score (nSPS) is 27.3. The van der Waals surface area contributed by atoms with Crippen LogP contribution in [0.2, 0.25) is 0 Å². The number of hydrogen-bond donors (Lipinski definition) is 1. The van der Waals surface area contributed by atoms with E-state index in [1.165, 1.54) is 32.1 Å². The summed E-state index contributed by atoms with van der Waals surface area (Å²) in [5, 5.41) is 12.2. The highest BCUT2D eigenvalue weighted by molar-refractivity contribution is 5.00. The van der Waals surface area contributed by atoms with Crippen molar-refractivity contribution in [3.8, 4) is 6.07 Å². The van der Waals surface area contributed by atoms with E-state index in [1.807, 2.05) is 0 Å². The maximum Gasteiger partial charge on any atom is 0.0628 e. The summed E-state index contributed by atoms with van der Waals surface area (Å²) in [5.41, 5.74) is 0.335. The van der Waals surface area contributed by atoms with Crippen molar-refractivity contribution in [2.75, 3.05) is 19.7 Å². The van der Waals surface area contributed by atoms with Crippen LogP contribution in [0.1, 0.15) is 44.9 Å². The van der Waals surface area contributed by atoms with Crippen molar-refractivity contribution in [2.24, 2.45) is 5.41 Å². The molecule has 0 aromatic heterocycles. The van der Waals surface area contributed by atoms with Crippen molar-refractivity contribution >= 4 is 0 Å². The molecule has 90 valence electrons. The first-order chi connectivity index (χ1) is 7.85. The molecule has 0 aromatic rings. The lowest BCUT2D eigenvalue weighted by molar-refractivity contribution is 0.0114. The fraction of sp³-hybridized carbons (Fsp3) is 0.923. The van der Waals surface area contributed by atoms with Crippen LogP contribution < -0.4 is 5.32 Å². The van der Waals surface area contributed by atoms with E-state index in [4.69, 9.17) is 10.00 Å². The minimum absolute atomic E-state index is 0.335. The van der Waals surface area contributed by atoms with E-state index in [0.29, 0.717) is 11.5 Å². The van der Waals surface area contributed by atoms with Gasteiger partial charge < -0.3 is 10.1 Å². The lowest BCUT2D eigenvalue weighted by atomic mass is 10.0. The smallest absolute Gasteiger partial charge is 0.0628 e. The van der Waals surface area contributed by atoms with Crippen LogP contribution in [0.15, 0.2) is 0 Å². The van der Waals surface area contributed by atoms with Gasteiger partial charge in [0.25, 0.3) is 0 Å². The number of nitriles is 1. The molecule has 1 aliphatic heterocycles. The van der Waals surface area contributed by atoms with Crippen molar-refractivity contribution in [3.63, 3.8) is 0 Å². The zero-order chi connectivity index (χ0) is 11.3. The average Bonchev–Trinajstić information content (AvgIpc) is 3.07. The Balaban J connectivity index is 1.53. The van der Waals surface area contributed by atoms with Crippen LogP contribution in [-0.2, 0) is 4.74 Å². The second-order valence-electron chi connectivity index (χ2n) is 5.29. The van der Waals surface area contributed by atoms with Crippen LogP contribution in [0.25, 0.3) is 0 Å². The molecular weight excluding hydrogens is 200 g/mol. The summed E-state index contributed by atoms with van der Waals surface area (Å²) in [5.74, 6) is 0. The monoisotopic (exact) mass is 222 g/mol. The van der Waals surface area contributed by atoms with Crippen LogP contribution in [0.4, 0.5) is 0 Å². The number of ether oxygens (including phenoxy) is 1.